The summed E-state index contributed by atoms with van der Waals surface area (Å²) in [6.07, 6.45) is 13.6. The molecule has 1 N–H and O–H groups in total. The highest BCUT2D eigenvalue weighted by Gasteiger charge is 2.29. The highest BCUT2D eigenvalue weighted by molar-refractivity contribution is 5.58. The quantitative estimate of drug-likeness (QED) is 0.403. The third-order valence-corrected chi connectivity index (χ3v) is 3.84. The maximum absolute atomic E-state index is 12.2. The molecule has 0 radical (unpaired) electrons. The summed E-state index contributed by atoms with van der Waals surface area (Å²) in [5, 5.41) is 9.71. The van der Waals surface area contributed by atoms with Crippen LogP contribution in [0.5, 0.6) is 5.75 Å². The molecule has 0 saturated heterocycles. The molecule has 1 fully saturated rings. The molecule has 0 aliphatic heterocycles. The maximum atomic E-state index is 12.2. The summed E-state index contributed by atoms with van der Waals surface area (Å²) in [5.74, 6) is 0.913. The maximum Gasteiger partial charge on any atom is 0.258 e. The first-order valence-corrected chi connectivity index (χ1v) is 8.41. The number of allylic oxidation sites excluding steroid dienone is 5. The zero-order chi connectivity index (χ0) is 18.1. The molecule has 0 amide bonds. The molecule has 1 atom stereocenters. The van der Waals surface area contributed by atoms with Gasteiger partial charge in [-0.3, -0.25) is 9.36 Å². The zero-order valence-corrected chi connectivity index (χ0v) is 14.5. The fraction of sp³-hybridized carbons (Fsp3) is 0.350. The lowest BCUT2D eigenvalue weighted by Crippen LogP contribution is -2.17. The molecule has 134 valence electrons. The average molecular weight is 343 g/mol. The molecule has 1 unspecified atom stereocenters. The average Bonchev–Trinajstić information content (AvgIpc) is 3.44. The van der Waals surface area contributed by atoms with Crippen molar-refractivity contribution in [1.29, 1.82) is 0 Å². The molecule has 1 aliphatic rings. The summed E-state index contributed by atoms with van der Waals surface area (Å²) in [4.78, 5) is 12.2. The van der Waals surface area contributed by atoms with Crippen molar-refractivity contribution < 1.29 is 14.6 Å². The number of aromatic nitrogens is 1. The van der Waals surface area contributed by atoms with Crippen molar-refractivity contribution in [3.63, 3.8) is 0 Å². The van der Waals surface area contributed by atoms with Gasteiger partial charge in [0.05, 0.1) is 12.4 Å². The van der Waals surface area contributed by atoms with Crippen molar-refractivity contribution in [2.24, 2.45) is 5.92 Å². The molecule has 0 aromatic carbocycles. The van der Waals surface area contributed by atoms with Gasteiger partial charge in [-0.15, -0.1) is 0 Å². The molecular formula is C20H25NO4. The summed E-state index contributed by atoms with van der Waals surface area (Å²) >= 11 is 0. The van der Waals surface area contributed by atoms with Gasteiger partial charge < -0.3 is 14.6 Å². The molecule has 1 aromatic rings. The Morgan fingerprint density at radius 2 is 2.32 bits per heavy atom. The second-order valence-electron chi connectivity index (χ2n) is 5.81. The molecule has 1 aliphatic carbocycles. The van der Waals surface area contributed by atoms with Gasteiger partial charge in [-0.25, -0.2) is 0 Å². The molecule has 5 heteroatoms. The highest BCUT2D eigenvalue weighted by atomic mass is 16.5. The lowest BCUT2D eigenvalue weighted by molar-refractivity contribution is 0.0684. The van der Waals surface area contributed by atoms with Crippen LogP contribution in [0.15, 0.2) is 66.3 Å². The number of hydrogen-bond donors (Lipinski definition) is 1. The summed E-state index contributed by atoms with van der Waals surface area (Å²) < 4.78 is 12.2. The lowest BCUT2D eigenvalue weighted by atomic mass is 10.2. The van der Waals surface area contributed by atoms with Crippen LogP contribution in [0.2, 0.25) is 0 Å². The van der Waals surface area contributed by atoms with Crippen LogP contribution < -0.4 is 10.3 Å². The van der Waals surface area contributed by atoms with E-state index in [9.17, 15) is 9.90 Å². The second-order valence-corrected chi connectivity index (χ2v) is 5.81. The predicted octanol–water partition coefficient (Wildman–Crippen LogP) is 3.13. The molecule has 5 nitrogen and oxygen atoms in total. The minimum Gasteiger partial charge on any atom is -0.498 e. The van der Waals surface area contributed by atoms with Gasteiger partial charge >= 0.3 is 0 Å². The third-order valence-electron chi connectivity index (χ3n) is 3.84. The van der Waals surface area contributed by atoms with Gasteiger partial charge in [-0.05, 0) is 50.0 Å². The summed E-state index contributed by atoms with van der Waals surface area (Å²) in [6.45, 7) is 6.36. The van der Waals surface area contributed by atoms with Crippen LogP contribution in [0.25, 0.3) is 5.70 Å². The van der Waals surface area contributed by atoms with Crippen LogP contribution in [-0.4, -0.2) is 29.0 Å². The van der Waals surface area contributed by atoms with E-state index in [1.165, 1.54) is 16.9 Å². The van der Waals surface area contributed by atoms with E-state index in [0.717, 1.165) is 12.8 Å². The fourth-order valence-electron chi connectivity index (χ4n) is 2.22. The Hall–Kier alpha value is -2.53. The van der Waals surface area contributed by atoms with E-state index in [4.69, 9.17) is 9.47 Å². The fourth-order valence-corrected chi connectivity index (χ4v) is 2.22. The number of ether oxygens (including phenoxy) is 2. The van der Waals surface area contributed by atoms with E-state index < -0.39 is 6.10 Å². The van der Waals surface area contributed by atoms with Crippen LogP contribution in [0.3, 0.4) is 0 Å². The Morgan fingerprint density at radius 1 is 1.52 bits per heavy atom. The molecule has 2 rings (SSSR count). The first kappa shape index (κ1) is 18.8. The molecule has 0 bridgehead atoms. The summed E-state index contributed by atoms with van der Waals surface area (Å²) in [5.41, 5.74) is 0.412. The molecular weight excluding hydrogens is 318 g/mol. The number of rotatable bonds is 10. The van der Waals surface area contributed by atoms with Gasteiger partial charge in [0.25, 0.3) is 5.56 Å². The van der Waals surface area contributed by atoms with E-state index in [0.29, 0.717) is 24.0 Å². The van der Waals surface area contributed by atoms with Crippen LogP contribution in [-0.2, 0) is 4.74 Å². The van der Waals surface area contributed by atoms with Gasteiger partial charge in [0.1, 0.15) is 19.0 Å². The predicted molar refractivity (Wildman–Crippen MR) is 99.3 cm³/mol. The van der Waals surface area contributed by atoms with Gasteiger partial charge in [0.15, 0.2) is 0 Å². The highest BCUT2D eigenvalue weighted by Crippen LogP contribution is 2.32. The molecule has 1 heterocycles. The smallest absolute Gasteiger partial charge is 0.258 e. The first-order chi connectivity index (χ1) is 12.2. The van der Waals surface area contributed by atoms with Crippen molar-refractivity contribution >= 4 is 5.70 Å². The van der Waals surface area contributed by atoms with Gasteiger partial charge in [0, 0.05) is 18.0 Å². The Kier molecular flexibility index (Phi) is 7.29. The van der Waals surface area contributed by atoms with E-state index in [1.807, 2.05) is 19.1 Å². The van der Waals surface area contributed by atoms with Crippen molar-refractivity contribution in [3.05, 3.63) is 71.9 Å². The minimum atomic E-state index is -0.398. The SMILES string of the molecule is C=C/C(=C\C=C\OCC(O)C1CC1)n1ccc(OC/C=C/C)cc1=O. The first-order valence-electron chi connectivity index (χ1n) is 8.41. The lowest BCUT2D eigenvalue weighted by Gasteiger charge is -2.08. The van der Waals surface area contributed by atoms with Crippen LogP contribution in [0.4, 0.5) is 0 Å². The topological polar surface area (TPSA) is 60.7 Å². The molecule has 0 spiro atoms. The van der Waals surface area contributed by atoms with E-state index >= 15 is 0 Å². The van der Waals surface area contributed by atoms with Crippen LogP contribution in [0, 0.1) is 5.92 Å². The largest absolute Gasteiger partial charge is 0.498 e. The Balaban J connectivity index is 1.95. The standard InChI is InChI=1S/C20H25NO4/c1-3-5-13-25-18-10-11-21(20(23)14-18)17(4-2)7-6-12-24-15-19(22)16-8-9-16/h3-7,10-12,14,16,19,22H,2,8-9,13,15H2,1H3/b5-3+,12-6+,17-7+. The second kappa shape index (κ2) is 9.69. The van der Waals surface area contributed by atoms with Crippen molar-refractivity contribution in [1.82, 2.24) is 4.57 Å². The van der Waals surface area contributed by atoms with Crippen molar-refractivity contribution in [2.45, 2.75) is 25.9 Å². The molecule has 1 saturated carbocycles. The third kappa shape index (κ3) is 6.12. The van der Waals surface area contributed by atoms with Gasteiger partial charge in [-0.1, -0.05) is 18.7 Å². The number of aliphatic hydroxyl groups is 1. The Labute approximate surface area is 148 Å². The van der Waals surface area contributed by atoms with Crippen LogP contribution in [0.1, 0.15) is 19.8 Å². The van der Waals surface area contributed by atoms with Crippen molar-refractivity contribution in [3.8, 4) is 5.75 Å². The number of pyridine rings is 1. The van der Waals surface area contributed by atoms with E-state index in [-0.39, 0.29) is 12.2 Å². The minimum absolute atomic E-state index is 0.206. The number of aliphatic hydroxyl groups excluding tert-OH is 1. The van der Waals surface area contributed by atoms with Gasteiger partial charge in [-0.2, -0.15) is 0 Å². The Morgan fingerprint density at radius 3 is 2.96 bits per heavy atom. The normalized spacial score (nSPS) is 16.3. The van der Waals surface area contributed by atoms with Gasteiger partial charge in [0.2, 0.25) is 0 Å². The van der Waals surface area contributed by atoms with E-state index in [2.05, 4.69) is 6.58 Å². The summed E-state index contributed by atoms with van der Waals surface area (Å²) in [7, 11) is 0. The Bertz CT molecular complexity index is 711. The summed E-state index contributed by atoms with van der Waals surface area (Å²) in [6, 6.07) is 3.17. The number of nitrogens with zero attached hydrogens (tertiary/aromatic N) is 1. The van der Waals surface area contributed by atoms with Crippen molar-refractivity contribution in [2.75, 3.05) is 13.2 Å². The van der Waals surface area contributed by atoms with Crippen LogP contribution >= 0.6 is 0 Å². The van der Waals surface area contributed by atoms with E-state index in [1.54, 1.807) is 30.5 Å². The zero-order valence-electron chi connectivity index (χ0n) is 14.5. The number of hydrogen-bond acceptors (Lipinski definition) is 4. The molecule has 1 aromatic heterocycles. The monoisotopic (exact) mass is 343 g/mol. The molecule has 25 heavy (non-hydrogen) atoms.